The molecule has 29 heavy (non-hydrogen) atoms. The van der Waals surface area contributed by atoms with Crippen molar-refractivity contribution in [3.63, 3.8) is 0 Å². The van der Waals surface area contributed by atoms with E-state index in [1.54, 1.807) is 6.20 Å². The molecule has 3 aromatic rings. The van der Waals surface area contributed by atoms with Crippen LogP contribution >= 0.6 is 0 Å². The van der Waals surface area contributed by atoms with Crippen LogP contribution in [0.15, 0.2) is 42.7 Å². The molecule has 0 bridgehead atoms. The van der Waals surface area contributed by atoms with E-state index in [-0.39, 0.29) is 17.3 Å². The number of fused-ring (bicyclic) bond motifs is 1. The van der Waals surface area contributed by atoms with Crippen LogP contribution in [0.25, 0.3) is 10.9 Å². The van der Waals surface area contributed by atoms with Crippen LogP contribution in [-0.2, 0) is 4.79 Å². The van der Waals surface area contributed by atoms with Gasteiger partial charge in [-0.05, 0) is 23.6 Å². The predicted molar refractivity (Wildman–Crippen MR) is 112 cm³/mol. The Hall–Kier alpha value is -3.75. The van der Waals surface area contributed by atoms with Crippen LogP contribution in [0.1, 0.15) is 31.3 Å². The Balaban J connectivity index is 1.96. The number of hydrogen-bond donors (Lipinski definition) is 4. The Bertz CT molecular complexity index is 1080. The molecule has 0 radical (unpaired) electrons. The van der Waals surface area contributed by atoms with Crippen molar-refractivity contribution >= 4 is 40.0 Å². The van der Waals surface area contributed by atoms with Crippen molar-refractivity contribution in [2.75, 3.05) is 10.6 Å². The number of aromatic nitrogens is 3. The molecule has 0 saturated carbocycles. The number of pyridine rings is 1. The zero-order chi connectivity index (χ0) is 21.2. The van der Waals surface area contributed by atoms with Crippen molar-refractivity contribution in [1.29, 1.82) is 0 Å². The van der Waals surface area contributed by atoms with E-state index in [1.807, 2.05) is 51.1 Å². The molecule has 6 N–H and O–H groups in total. The lowest BCUT2D eigenvalue weighted by atomic mass is 9.86. The predicted octanol–water partition coefficient (Wildman–Crippen LogP) is 2.18. The van der Waals surface area contributed by atoms with Gasteiger partial charge in [-0.1, -0.05) is 32.9 Å². The molecular formula is C20H23N7O2. The van der Waals surface area contributed by atoms with E-state index in [9.17, 15) is 9.59 Å². The molecule has 0 aliphatic rings. The number of carbonyl (C=O) groups is 2. The Morgan fingerprint density at radius 3 is 2.52 bits per heavy atom. The average Bonchev–Trinajstić information content (AvgIpc) is 2.65. The minimum absolute atomic E-state index is 0.0250. The summed E-state index contributed by atoms with van der Waals surface area (Å²) in [6.07, 6.45) is 3.04. The highest BCUT2D eigenvalue weighted by atomic mass is 16.1. The molecule has 0 spiro atoms. The molecule has 1 atom stereocenters. The number of amides is 2. The van der Waals surface area contributed by atoms with Gasteiger partial charge in [0.2, 0.25) is 5.91 Å². The van der Waals surface area contributed by atoms with Gasteiger partial charge in [-0.15, -0.1) is 0 Å². The van der Waals surface area contributed by atoms with Gasteiger partial charge in [-0.3, -0.25) is 14.6 Å². The molecule has 9 nitrogen and oxygen atoms in total. The lowest BCUT2D eigenvalue weighted by Crippen LogP contribution is -2.45. The molecule has 0 aliphatic carbocycles. The first-order valence-electron chi connectivity index (χ1n) is 8.99. The Labute approximate surface area is 167 Å². The fraction of sp³-hybridized carbons (Fsp3) is 0.250. The van der Waals surface area contributed by atoms with Crippen LogP contribution in [-0.4, -0.2) is 32.8 Å². The molecule has 2 aromatic heterocycles. The monoisotopic (exact) mass is 393 g/mol. The summed E-state index contributed by atoms with van der Waals surface area (Å²) in [5.74, 6) is -0.800. The Kier molecular flexibility index (Phi) is 5.31. The summed E-state index contributed by atoms with van der Waals surface area (Å²) < 4.78 is 0. The number of nitrogens with two attached hydrogens (primary N) is 2. The Morgan fingerprint density at radius 1 is 1.10 bits per heavy atom. The number of carbonyl (C=O) groups excluding carboxylic acids is 2. The fourth-order valence-electron chi connectivity index (χ4n) is 2.87. The van der Waals surface area contributed by atoms with Crippen molar-refractivity contribution in [1.82, 2.24) is 15.0 Å². The normalized spacial score (nSPS) is 12.4. The highest BCUT2D eigenvalue weighted by molar-refractivity contribution is 5.96. The smallest absolute Gasteiger partial charge is 0.271 e. The Morgan fingerprint density at radius 2 is 1.86 bits per heavy atom. The van der Waals surface area contributed by atoms with Crippen molar-refractivity contribution in [2.45, 2.75) is 26.8 Å². The second-order valence-corrected chi connectivity index (χ2v) is 7.70. The zero-order valence-corrected chi connectivity index (χ0v) is 16.4. The number of nitrogens with zero attached hydrogens (tertiary/aromatic N) is 3. The van der Waals surface area contributed by atoms with Gasteiger partial charge in [0.15, 0.2) is 11.5 Å². The van der Waals surface area contributed by atoms with Gasteiger partial charge in [0.1, 0.15) is 11.9 Å². The molecule has 9 heteroatoms. The lowest BCUT2D eigenvalue weighted by Gasteiger charge is -2.29. The SMILES string of the molecule is CC(C)(C)C(Nc1cnc(C(N)=O)c(Nc2ccc3cccnc3c2)n1)C(N)=O. The molecule has 0 aliphatic heterocycles. The van der Waals surface area contributed by atoms with Gasteiger partial charge >= 0.3 is 0 Å². The van der Waals surface area contributed by atoms with Crippen LogP contribution in [0, 0.1) is 5.41 Å². The maximum Gasteiger partial charge on any atom is 0.271 e. The lowest BCUT2D eigenvalue weighted by molar-refractivity contribution is -0.120. The quantitative estimate of drug-likeness (QED) is 0.501. The maximum absolute atomic E-state index is 11.8. The highest BCUT2D eigenvalue weighted by Crippen LogP contribution is 2.25. The molecule has 150 valence electrons. The largest absolute Gasteiger partial charge is 0.368 e. The second kappa shape index (κ2) is 7.70. The highest BCUT2D eigenvalue weighted by Gasteiger charge is 2.30. The standard InChI is InChI=1S/C20H23N7O2/c1-20(2,3)16(18(22)29)26-14-10-24-15(17(21)28)19(27-14)25-12-7-6-11-5-4-8-23-13(11)9-12/h4-10,16H,1-3H3,(H2,21,28)(H2,22,29)(H2,25,26,27). The molecule has 2 amide bonds. The minimum atomic E-state index is -0.729. The van der Waals surface area contributed by atoms with Gasteiger partial charge in [0, 0.05) is 17.3 Å². The second-order valence-electron chi connectivity index (χ2n) is 7.70. The van der Waals surface area contributed by atoms with E-state index in [0.717, 1.165) is 10.9 Å². The molecule has 0 fully saturated rings. The number of anilines is 3. The van der Waals surface area contributed by atoms with Crippen LogP contribution in [0.5, 0.6) is 0 Å². The minimum Gasteiger partial charge on any atom is -0.368 e. The van der Waals surface area contributed by atoms with Gasteiger partial charge in [-0.2, -0.15) is 0 Å². The van der Waals surface area contributed by atoms with Crippen LogP contribution in [0.3, 0.4) is 0 Å². The van der Waals surface area contributed by atoms with Gasteiger partial charge < -0.3 is 22.1 Å². The first-order valence-corrected chi connectivity index (χ1v) is 8.99. The third kappa shape index (κ3) is 4.57. The van der Waals surface area contributed by atoms with Crippen LogP contribution < -0.4 is 22.1 Å². The average molecular weight is 393 g/mol. The number of benzene rings is 1. The van der Waals surface area contributed by atoms with Crippen LogP contribution in [0.2, 0.25) is 0 Å². The maximum atomic E-state index is 11.8. The van der Waals surface area contributed by atoms with Crippen LogP contribution in [0.4, 0.5) is 17.3 Å². The molecule has 1 aromatic carbocycles. The summed E-state index contributed by atoms with van der Waals surface area (Å²) in [6, 6.07) is 8.66. The van der Waals surface area contributed by atoms with Gasteiger partial charge in [-0.25, -0.2) is 9.97 Å². The summed E-state index contributed by atoms with van der Waals surface area (Å²) in [4.78, 5) is 36.4. The molecule has 0 saturated heterocycles. The first-order chi connectivity index (χ1) is 13.6. The summed E-state index contributed by atoms with van der Waals surface area (Å²) in [5.41, 5.74) is 11.9. The molecular weight excluding hydrogens is 370 g/mol. The van der Waals surface area contributed by atoms with Crippen molar-refractivity contribution in [2.24, 2.45) is 16.9 Å². The number of nitrogens with one attached hydrogen (secondary N) is 2. The third-order valence-electron chi connectivity index (χ3n) is 4.32. The molecule has 2 heterocycles. The van der Waals surface area contributed by atoms with Gasteiger partial charge in [0.05, 0.1) is 11.7 Å². The number of hydrogen-bond acceptors (Lipinski definition) is 7. The van der Waals surface area contributed by atoms with E-state index in [1.165, 1.54) is 6.20 Å². The topological polar surface area (TPSA) is 149 Å². The van der Waals surface area contributed by atoms with Gasteiger partial charge in [0.25, 0.3) is 5.91 Å². The third-order valence-corrected chi connectivity index (χ3v) is 4.32. The molecule has 1 unspecified atom stereocenters. The van der Waals surface area contributed by atoms with Crippen molar-refractivity contribution in [3.8, 4) is 0 Å². The fourth-order valence-corrected chi connectivity index (χ4v) is 2.87. The first kappa shape index (κ1) is 20.0. The van der Waals surface area contributed by atoms with Crippen molar-refractivity contribution in [3.05, 3.63) is 48.4 Å². The number of primary amides is 2. The summed E-state index contributed by atoms with van der Waals surface area (Å²) in [7, 11) is 0. The summed E-state index contributed by atoms with van der Waals surface area (Å²) in [5, 5.41) is 7.02. The summed E-state index contributed by atoms with van der Waals surface area (Å²) in [6.45, 7) is 5.63. The number of rotatable bonds is 6. The van der Waals surface area contributed by atoms with E-state index in [0.29, 0.717) is 5.69 Å². The van der Waals surface area contributed by atoms with E-state index in [4.69, 9.17) is 11.5 Å². The van der Waals surface area contributed by atoms with E-state index < -0.39 is 23.3 Å². The molecule has 3 rings (SSSR count). The van der Waals surface area contributed by atoms with E-state index in [2.05, 4.69) is 25.6 Å². The van der Waals surface area contributed by atoms with Crippen molar-refractivity contribution < 1.29 is 9.59 Å². The summed E-state index contributed by atoms with van der Waals surface area (Å²) >= 11 is 0. The van der Waals surface area contributed by atoms with E-state index >= 15 is 0 Å². The zero-order valence-electron chi connectivity index (χ0n) is 16.4.